The van der Waals surface area contributed by atoms with Crippen molar-refractivity contribution in [2.45, 2.75) is 25.5 Å². The van der Waals surface area contributed by atoms with Crippen LogP contribution in [0.15, 0.2) is 52.4 Å². The Bertz CT molecular complexity index is 1030. The number of nitrogens with zero attached hydrogens (tertiary/aromatic N) is 2. The summed E-state index contributed by atoms with van der Waals surface area (Å²) in [5.74, 6) is -0.0315. The fourth-order valence-corrected chi connectivity index (χ4v) is 3.58. The molecule has 0 saturated carbocycles. The molecule has 0 saturated heterocycles. The van der Waals surface area contributed by atoms with E-state index in [4.69, 9.17) is 11.6 Å². The molecule has 2 aromatic carbocycles. The van der Waals surface area contributed by atoms with Gasteiger partial charge in [0.05, 0.1) is 16.7 Å². The van der Waals surface area contributed by atoms with Crippen LogP contribution in [0.1, 0.15) is 12.5 Å². The summed E-state index contributed by atoms with van der Waals surface area (Å²) in [5, 5.41) is 4.53. The van der Waals surface area contributed by atoms with Crippen LogP contribution in [-0.4, -0.2) is 21.2 Å². The summed E-state index contributed by atoms with van der Waals surface area (Å²) in [6.07, 6.45) is 0. The van der Waals surface area contributed by atoms with Crippen molar-refractivity contribution in [3.05, 3.63) is 63.4 Å². The fraction of sp³-hybridized carbons (Fsp3) is 0.211. The van der Waals surface area contributed by atoms with E-state index < -0.39 is 0 Å². The van der Waals surface area contributed by atoms with Crippen LogP contribution >= 0.6 is 23.4 Å². The molecule has 0 aliphatic rings. The van der Waals surface area contributed by atoms with E-state index in [9.17, 15) is 9.59 Å². The molecule has 26 heavy (non-hydrogen) atoms. The van der Waals surface area contributed by atoms with Gasteiger partial charge in [-0.25, -0.2) is 4.98 Å². The first-order valence-electron chi connectivity index (χ1n) is 8.18. The second-order valence-corrected chi connectivity index (χ2v) is 7.11. The number of anilines is 1. The number of hydrogen-bond acceptors (Lipinski definition) is 4. The summed E-state index contributed by atoms with van der Waals surface area (Å²) < 4.78 is 1.59. The molecule has 134 valence electrons. The number of aromatic nitrogens is 2. The zero-order valence-corrected chi connectivity index (χ0v) is 16.0. The lowest BCUT2D eigenvalue weighted by Crippen LogP contribution is -2.23. The van der Waals surface area contributed by atoms with Crippen LogP contribution in [-0.2, 0) is 11.3 Å². The Morgan fingerprint density at radius 3 is 2.77 bits per heavy atom. The van der Waals surface area contributed by atoms with Gasteiger partial charge in [0.15, 0.2) is 5.16 Å². The fourth-order valence-electron chi connectivity index (χ4n) is 2.53. The van der Waals surface area contributed by atoms with E-state index >= 15 is 0 Å². The number of thioether (sulfide) groups is 1. The number of carbonyl (C=O) groups is 1. The first-order chi connectivity index (χ1) is 12.5. The van der Waals surface area contributed by atoms with Gasteiger partial charge in [0.2, 0.25) is 5.91 Å². The lowest BCUT2D eigenvalue weighted by atomic mass is 10.2. The van der Waals surface area contributed by atoms with E-state index in [0.717, 1.165) is 5.56 Å². The number of aryl methyl sites for hydroxylation is 1. The molecule has 5 nitrogen and oxygen atoms in total. The summed E-state index contributed by atoms with van der Waals surface area (Å²) in [6, 6.07) is 12.6. The number of halogens is 1. The van der Waals surface area contributed by atoms with Crippen LogP contribution in [0, 0.1) is 6.92 Å². The maximum atomic E-state index is 12.6. The molecular formula is C19H18ClN3O2S. The van der Waals surface area contributed by atoms with Crippen LogP contribution < -0.4 is 10.9 Å². The number of hydrogen-bond donors (Lipinski definition) is 1. The summed E-state index contributed by atoms with van der Waals surface area (Å²) in [5.41, 5.74) is 2.14. The highest BCUT2D eigenvalue weighted by Crippen LogP contribution is 2.21. The third-order valence-corrected chi connectivity index (χ3v) is 5.31. The lowest BCUT2D eigenvalue weighted by Gasteiger charge is -2.11. The highest BCUT2D eigenvalue weighted by Gasteiger charge is 2.12. The van der Waals surface area contributed by atoms with Crippen molar-refractivity contribution < 1.29 is 4.79 Å². The Hall–Kier alpha value is -2.31. The minimum atomic E-state index is -0.181. The Kier molecular flexibility index (Phi) is 5.64. The highest BCUT2D eigenvalue weighted by molar-refractivity contribution is 7.99. The maximum absolute atomic E-state index is 12.6. The molecule has 0 bridgehead atoms. The van der Waals surface area contributed by atoms with Crippen LogP contribution in [0.3, 0.4) is 0 Å². The van der Waals surface area contributed by atoms with Crippen LogP contribution in [0.25, 0.3) is 10.9 Å². The summed E-state index contributed by atoms with van der Waals surface area (Å²) >= 11 is 7.32. The molecule has 3 rings (SSSR count). The zero-order valence-electron chi connectivity index (χ0n) is 14.5. The van der Waals surface area contributed by atoms with Crippen LogP contribution in [0.2, 0.25) is 5.02 Å². The Labute approximate surface area is 160 Å². The maximum Gasteiger partial charge on any atom is 0.262 e. The average Bonchev–Trinajstić information content (AvgIpc) is 2.63. The van der Waals surface area contributed by atoms with Crippen LogP contribution in [0.5, 0.6) is 0 Å². The minimum Gasteiger partial charge on any atom is -0.325 e. The van der Waals surface area contributed by atoms with Crippen molar-refractivity contribution in [1.82, 2.24) is 9.55 Å². The van der Waals surface area contributed by atoms with Gasteiger partial charge in [-0.05, 0) is 43.7 Å². The molecule has 0 fully saturated rings. The topological polar surface area (TPSA) is 64.0 Å². The summed E-state index contributed by atoms with van der Waals surface area (Å²) in [4.78, 5) is 29.4. The Balaban J connectivity index is 1.77. The van der Waals surface area contributed by atoms with Gasteiger partial charge in [-0.15, -0.1) is 0 Å². The Morgan fingerprint density at radius 2 is 2.04 bits per heavy atom. The number of nitrogens with one attached hydrogen (secondary N) is 1. The van der Waals surface area contributed by atoms with Gasteiger partial charge >= 0.3 is 0 Å². The van der Waals surface area contributed by atoms with Crippen molar-refractivity contribution in [3.63, 3.8) is 0 Å². The van der Waals surface area contributed by atoms with Gasteiger partial charge in [0.25, 0.3) is 5.56 Å². The van der Waals surface area contributed by atoms with Gasteiger partial charge < -0.3 is 5.32 Å². The minimum absolute atomic E-state index is 0.0914. The first-order valence-corrected chi connectivity index (χ1v) is 9.54. The zero-order chi connectivity index (χ0) is 18.7. The number of fused-ring (bicyclic) bond motifs is 1. The van der Waals surface area contributed by atoms with E-state index in [2.05, 4.69) is 10.3 Å². The van der Waals surface area contributed by atoms with Gasteiger partial charge in [0, 0.05) is 17.3 Å². The second-order valence-electron chi connectivity index (χ2n) is 5.76. The third kappa shape index (κ3) is 3.92. The van der Waals surface area contributed by atoms with Gasteiger partial charge in [-0.1, -0.05) is 41.6 Å². The highest BCUT2D eigenvalue weighted by atomic mass is 35.5. The normalized spacial score (nSPS) is 10.9. The molecule has 1 aromatic heterocycles. The molecule has 0 spiro atoms. The quantitative estimate of drug-likeness (QED) is 0.528. The van der Waals surface area contributed by atoms with Crippen molar-refractivity contribution in [2.24, 2.45) is 0 Å². The van der Waals surface area contributed by atoms with Crippen molar-refractivity contribution >= 4 is 45.9 Å². The molecule has 0 aliphatic heterocycles. The van der Waals surface area contributed by atoms with Crippen molar-refractivity contribution in [2.75, 3.05) is 11.1 Å². The molecule has 1 heterocycles. The molecule has 0 atom stereocenters. The summed E-state index contributed by atoms with van der Waals surface area (Å²) in [7, 11) is 0. The molecule has 0 radical (unpaired) electrons. The second kappa shape index (κ2) is 7.93. The summed E-state index contributed by atoms with van der Waals surface area (Å²) in [6.45, 7) is 4.28. The standard InChI is InChI=1S/C19H18ClN3O2S/c1-3-23-18(25)14-6-4-5-7-16(14)22-19(23)26-11-17(24)21-13-9-8-12(2)15(20)10-13/h4-10H,3,11H2,1-2H3,(H,21,24). The monoisotopic (exact) mass is 387 g/mol. The molecule has 7 heteroatoms. The largest absolute Gasteiger partial charge is 0.325 e. The van der Waals surface area contributed by atoms with Gasteiger partial charge in [0.1, 0.15) is 0 Å². The van der Waals surface area contributed by atoms with Crippen LogP contribution in [0.4, 0.5) is 5.69 Å². The van der Waals surface area contributed by atoms with E-state index in [1.807, 2.05) is 32.0 Å². The number of amides is 1. The Morgan fingerprint density at radius 1 is 1.27 bits per heavy atom. The molecule has 1 N–H and O–H groups in total. The molecule has 3 aromatic rings. The first kappa shape index (κ1) is 18.5. The lowest BCUT2D eigenvalue weighted by molar-refractivity contribution is -0.113. The van der Waals surface area contributed by atoms with E-state index in [1.54, 1.807) is 28.8 Å². The molecule has 0 unspecified atom stereocenters. The van der Waals surface area contributed by atoms with Gasteiger partial charge in [-0.2, -0.15) is 0 Å². The number of carbonyl (C=O) groups excluding carboxylic acids is 1. The number of benzene rings is 2. The smallest absolute Gasteiger partial charge is 0.262 e. The number of rotatable bonds is 5. The van der Waals surface area contributed by atoms with E-state index in [1.165, 1.54) is 11.8 Å². The van der Waals surface area contributed by atoms with E-state index in [0.29, 0.717) is 33.3 Å². The van der Waals surface area contributed by atoms with E-state index in [-0.39, 0.29) is 17.2 Å². The molecule has 0 aliphatic carbocycles. The van der Waals surface area contributed by atoms with Crippen molar-refractivity contribution in [1.29, 1.82) is 0 Å². The molecular weight excluding hydrogens is 370 g/mol. The van der Waals surface area contributed by atoms with Crippen molar-refractivity contribution in [3.8, 4) is 0 Å². The third-order valence-electron chi connectivity index (χ3n) is 3.93. The predicted octanol–water partition coefficient (Wildman–Crippen LogP) is 4.11. The number of para-hydroxylation sites is 1. The molecule has 1 amide bonds. The predicted molar refractivity (Wildman–Crippen MR) is 107 cm³/mol. The average molecular weight is 388 g/mol. The SMILES string of the molecule is CCn1c(SCC(=O)Nc2ccc(C)c(Cl)c2)nc2ccccc2c1=O. The van der Waals surface area contributed by atoms with Gasteiger partial charge in [-0.3, -0.25) is 14.2 Å².